The molecule has 2 atom stereocenters. The van der Waals surface area contributed by atoms with Gasteiger partial charge in [0.15, 0.2) is 0 Å². The number of nitrogens with one attached hydrogen (secondary N) is 1. The zero-order chi connectivity index (χ0) is 10.7. The molecule has 2 rings (SSSR count). The van der Waals surface area contributed by atoms with Gasteiger partial charge in [-0.2, -0.15) is 0 Å². The van der Waals surface area contributed by atoms with E-state index >= 15 is 0 Å². The summed E-state index contributed by atoms with van der Waals surface area (Å²) in [6.07, 6.45) is 1.14. The summed E-state index contributed by atoms with van der Waals surface area (Å²) >= 11 is 0. The lowest BCUT2D eigenvalue weighted by molar-refractivity contribution is 0.188. The largest absolute Gasteiger partial charge is 0.380 e. The van der Waals surface area contributed by atoms with Crippen molar-refractivity contribution < 1.29 is 4.74 Å². The van der Waals surface area contributed by atoms with Crippen molar-refractivity contribution in [2.24, 2.45) is 0 Å². The van der Waals surface area contributed by atoms with Gasteiger partial charge in [-0.25, -0.2) is 0 Å². The zero-order valence-electron chi connectivity index (χ0n) is 9.49. The molecule has 0 aliphatic carbocycles. The lowest BCUT2D eigenvalue weighted by Gasteiger charge is -2.18. The van der Waals surface area contributed by atoms with E-state index in [4.69, 9.17) is 4.74 Å². The molecule has 1 aliphatic rings. The minimum absolute atomic E-state index is 0.414. The van der Waals surface area contributed by atoms with Gasteiger partial charge in [0.25, 0.3) is 0 Å². The molecule has 1 N–H and O–H groups in total. The average Bonchev–Trinajstić information content (AvgIpc) is 2.71. The quantitative estimate of drug-likeness (QED) is 0.818. The summed E-state index contributed by atoms with van der Waals surface area (Å²) < 4.78 is 5.35. The molecular weight excluding hydrogens is 186 g/mol. The molecule has 1 fully saturated rings. The van der Waals surface area contributed by atoms with Crippen molar-refractivity contribution in [3.8, 4) is 0 Å². The average molecular weight is 205 g/mol. The maximum atomic E-state index is 5.35. The third-order valence-corrected chi connectivity index (χ3v) is 2.99. The smallest absolute Gasteiger partial charge is 0.0620 e. The molecule has 0 amide bonds. The molecule has 0 aromatic heterocycles. The Morgan fingerprint density at radius 1 is 1.33 bits per heavy atom. The molecule has 15 heavy (non-hydrogen) atoms. The monoisotopic (exact) mass is 205 g/mol. The van der Waals surface area contributed by atoms with Crippen LogP contribution in [0.4, 0.5) is 0 Å². The SMILES string of the molecule is Cc1ccc([C@@H](C)NC2CCOC2)cc1. The van der Waals surface area contributed by atoms with Crippen molar-refractivity contribution in [1.29, 1.82) is 0 Å². The first-order chi connectivity index (χ1) is 7.25. The van der Waals surface area contributed by atoms with Crippen LogP contribution in [0.1, 0.15) is 30.5 Å². The van der Waals surface area contributed by atoms with Crippen LogP contribution in [0, 0.1) is 6.92 Å². The van der Waals surface area contributed by atoms with E-state index in [-0.39, 0.29) is 0 Å². The minimum atomic E-state index is 0.414. The van der Waals surface area contributed by atoms with Crippen molar-refractivity contribution in [2.45, 2.75) is 32.4 Å². The summed E-state index contributed by atoms with van der Waals surface area (Å²) in [5.41, 5.74) is 2.67. The van der Waals surface area contributed by atoms with Crippen LogP contribution in [0.2, 0.25) is 0 Å². The highest BCUT2D eigenvalue weighted by Crippen LogP contribution is 2.16. The first-order valence-electron chi connectivity index (χ1n) is 5.66. The maximum Gasteiger partial charge on any atom is 0.0620 e. The van der Waals surface area contributed by atoms with E-state index in [0.717, 1.165) is 19.6 Å². The number of ether oxygens (including phenoxy) is 1. The normalized spacial score (nSPS) is 22.9. The van der Waals surface area contributed by atoms with Crippen LogP contribution in [0.3, 0.4) is 0 Å². The molecule has 0 bridgehead atoms. The summed E-state index contributed by atoms with van der Waals surface area (Å²) in [7, 11) is 0. The molecular formula is C13H19NO. The Bertz CT molecular complexity index is 301. The number of rotatable bonds is 3. The van der Waals surface area contributed by atoms with E-state index in [9.17, 15) is 0 Å². The predicted octanol–water partition coefficient (Wildman–Crippen LogP) is 2.43. The molecule has 82 valence electrons. The summed E-state index contributed by atoms with van der Waals surface area (Å²) in [6.45, 7) is 6.09. The van der Waals surface area contributed by atoms with Crippen molar-refractivity contribution >= 4 is 0 Å². The van der Waals surface area contributed by atoms with Gasteiger partial charge in [-0.05, 0) is 25.8 Å². The van der Waals surface area contributed by atoms with Crippen LogP contribution in [0.5, 0.6) is 0 Å². The van der Waals surface area contributed by atoms with Crippen molar-refractivity contribution in [3.05, 3.63) is 35.4 Å². The van der Waals surface area contributed by atoms with Gasteiger partial charge in [-0.3, -0.25) is 0 Å². The van der Waals surface area contributed by atoms with Gasteiger partial charge in [0, 0.05) is 18.7 Å². The van der Waals surface area contributed by atoms with Gasteiger partial charge in [-0.1, -0.05) is 29.8 Å². The Morgan fingerprint density at radius 2 is 2.07 bits per heavy atom. The van der Waals surface area contributed by atoms with E-state index in [1.165, 1.54) is 11.1 Å². The van der Waals surface area contributed by atoms with Crippen LogP contribution >= 0.6 is 0 Å². The van der Waals surface area contributed by atoms with Crippen LogP contribution in [-0.4, -0.2) is 19.3 Å². The molecule has 2 heteroatoms. The first kappa shape index (κ1) is 10.7. The van der Waals surface area contributed by atoms with Crippen LogP contribution < -0.4 is 5.32 Å². The molecule has 1 aliphatic heterocycles. The van der Waals surface area contributed by atoms with E-state index in [1.807, 2.05) is 0 Å². The number of benzene rings is 1. The Labute approximate surface area is 91.6 Å². The van der Waals surface area contributed by atoms with Gasteiger partial charge in [0.2, 0.25) is 0 Å². The third-order valence-electron chi connectivity index (χ3n) is 2.99. The van der Waals surface area contributed by atoms with E-state index in [1.54, 1.807) is 0 Å². The molecule has 1 aromatic carbocycles. The second-order valence-corrected chi connectivity index (χ2v) is 4.36. The van der Waals surface area contributed by atoms with Crippen molar-refractivity contribution in [2.75, 3.05) is 13.2 Å². The highest BCUT2D eigenvalue weighted by molar-refractivity contribution is 5.23. The van der Waals surface area contributed by atoms with Crippen LogP contribution in [0.15, 0.2) is 24.3 Å². The highest BCUT2D eigenvalue weighted by atomic mass is 16.5. The summed E-state index contributed by atoms with van der Waals surface area (Å²) in [5, 5.41) is 3.59. The molecule has 0 spiro atoms. The van der Waals surface area contributed by atoms with E-state index in [0.29, 0.717) is 12.1 Å². The fourth-order valence-electron chi connectivity index (χ4n) is 1.97. The number of hydrogen-bond donors (Lipinski definition) is 1. The maximum absolute atomic E-state index is 5.35. The minimum Gasteiger partial charge on any atom is -0.380 e. The molecule has 0 radical (unpaired) electrons. The fourth-order valence-corrected chi connectivity index (χ4v) is 1.97. The predicted molar refractivity (Wildman–Crippen MR) is 62.0 cm³/mol. The second kappa shape index (κ2) is 4.77. The van der Waals surface area contributed by atoms with Crippen LogP contribution in [-0.2, 0) is 4.74 Å². The summed E-state index contributed by atoms with van der Waals surface area (Å²) in [6, 6.07) is 9.67. The summed E-state index contributed by atoms with van der Waals surface area (Å²) in [4.78, 5) is 0. The van der Waals surface area contributed by atoms with E-state index < -0.39 is 0 Å². The summed E-state index contributed by atoms with van der Waals surface area (Å²) in [5.74, 6) is 0. The Kier molecular flexibility index (Phi) is 3.39. The lowest BCUT2D eigenvalue weighted by atomic mass is 10.1. The number of hydrogen-bond acceptors (Lipinski definition) is 2. The molecule has 1 saturated heterocycles. The zero-order valence-corrected chi connectivity index (χ0v) is 9.49. The third kappa shape index (κ3) is 2.80. The molecule has 1 heterocycles. The molecule has 0 saturated carbocycles. The van der Waals surface area contributed by atoms with Crippen molar-refractivity contribution in [3.63, 3.8) is 0 Å². The van der Waals surface area contributed by atoms with Gasteiger partial charge in [0.05, 0.1) is 6.61 Å². The second-order valence-electron chi connectivity index (χ2n) is 4.36. The molecule has 1 aromatic rings. The van der Waals surface area contributed by atoms with Gasteiger partial charge >= 0.3 is 0 Å². The van der Waals surface area contributed by atoms with Crippen LogP contribution in [0.25, 0.3) is 0 Å². The molecule has 2 nitrogen and oxygen atoms in total. The first-order valence-corrected chi connectivity index (χ1v) is 5.66. The Hall–Kier alpha value is -0.860. The highest BCUT2D eigenvalue weighted by Gasteiger charge is 2.17. The number of aryl methyl sites for hydroxylation is 1. The topological polar surface area (TPSA) is 21.3 Å². The molecule has 1 unspecified atom stereocenters. The Morgan fingerprint density at radius 3 is 2.67 bits per heavy atom. The van der Waals surface area contributed by atoms with E-state index in [2.05, 4.69) is 43.4 Å². The van der Waals surface area contributed by atoms with Gasteiger partial charge in [0.1, 0.15) is 0 Å². The Balaban J connectivity index is 1.94. The van der Waals surface area contributed by atoms with Crippen molar-refractivity contribution in [1.82, 2.24) is 5.32 Å². The standard InChI is InChI=1S/C13H19NO/c1-10-3-5-12(6-4-10)11(2)14-13-7-8-15-9-13/h3-6,11,13-14H,7-9H2,1-2H3/t11-,13?/m1/s1. The van der Waals surface area contributed by atoms with Gasteiger partial charge in [-0.15, -0.1) is 0 Å². The lowest BCUT2D eigenvalue weighted by Crippen LogP contribution is -2.31. The fraction of sp³-hybridized carbons (Fsp3) is 0.538. The van der Waals surface area contributed by atoms with Gasteiger partial charge < -0.3 is 10.1 Å².